The van der Waals surface area contributed by atoms with Crippen LogP contribution in [-0.2, 0) is 10.0 Å². The fourth-order valence-corrected chi connectivity index (χ4v) is 4.39. The number of carbonyl (C=O) groups is 1. The zero-order valence-electron chi connectivity index (χ0n) is 15.4. The van der Waals surface area contributed by atoms with Crippen molar-refractivity contribution in [3.8, 4) is 0 Å². The summed E-state index contributed by atoms with van der Waals surface area (Å²) in [5.41, 5.74) is 2.70. The molecule has 0 saturated carbocycles. The van der Waals surface area contributed by atoms with Gasteiger partial charge in [0, 0.05) is 5.69 Å². The number of urea groups is 1. The molecule has 0 aromatic heterocycles. The van der Waals surface area contributed by atoms with Gasteiger partial charge in [0.25, 0.3) is 10.0 Å². The monoisotopic (exact) mass is 367 g/mol. The highest BCUT2D eigenvalue weighted by molar-refractivity contribution is 7.90. The molecule has 1 heterocycles. The SMILES string of the molecule is CC(C)c1cccc(C(C)C)c1NC(=O)NS(=O)(=O)C1CCCCN1. The number of piperidine rings is 1. The van der Waals surface area contributed by atoms with Crippen molar-refractivity contribution < 1.29 is 13.2 Å². The predicted octanol–water partition coefficient (Wildman–Crippen LogP) is 3.48. The maximum Gasteiger partial charge on any atom is 0.332 e. The second-order valence-electron chi connectivity index (χ2n) is 7.16. The zero-order valence-corrected chi connectivity index (χ0v) is 16.2. The van der Waals surface area contributed by atoms with E-state index in [0.29, 0.717) is 18.7 Å². The number of amides is 2. The van der Waals surface area contributed by atoms with Gasteiger partial charge in [0.1, 0.15) is 5.37 Å². The van der Waals surface area contributed by atoms with E-state index < -0.39 is 21.4 Å². The van der Waals surface area contributed by atoms with Gasteiger partial charge in [-0.05, 0) is 48.8 Å². The number of hydrogen-bond donors (Lipinski definition) is 3. The molecule has 1 unspecified atom stereocenters. The Morgan fingerprint density at radius 2 is 1.72 bits per heavy atom. The minimum absolute atomic E-state index is 0.214. The Morgan fingerprint density at radius 3 is 2.20 bits per heavy atom. The summed E-state index contributed by atoms with van der Waals surface area (Å²) in [7, 11) is -3.74. The van der Waals surface area contributed by atoms with E-state index in [-0.39, 0.29) is 11.8 Å². The Kier molecular flexibility index (Phi) is 6.46. The first kappa shape index (κ1) is 19.7. The molecule has 0 aliphatic carbocycles. The lowest BCUT2D eigenvalue weighted by Crippen LogP contribution is -2.48. The summed E-state index contributed by atoms with van der Waals surface area (Å²) < 4.78 is 26.9. The third kappa shape index (κ3) is 4.95. The molecular formula is C18H29N3O3S. The van der Waals surface area contributed by atoms with Gasteiger partial charge in [-0.25, -0.2) is 17.9 Å². The minimum Gasteiger partial charge on any atom is -0.307 e. The second-order valence-corrected chi connectivity index (χ2v) is 9.02. The minimum atomic E-state index is -3.74. The molecule has 1 atom stereocenters. The molecule has 0 bridgehead atoms. The number of nitrogens with one attached hydrogen (secondary N) is 3. The van der Waals surface area contributed by atoms with Gasteiger partial charge in [0.2, 0.25) is 0 Å². The lowest BCUT2D eigenvalue weighted by Gasteiger charge is -2.24. The largest absolute Gasteiger partial charge is 0.332 e. The van der Waals surface area contributed by atoms with Crippen LogP contribution in [0.4, 0.5) is 10.5 Å². The van der Waals surface area contributed by atoms with Crippen LogP contribution in [0.3, 0.4) is 0 Å². The van der Waals surface area contributed by atoms with E-state index in [0.717, 1.165) is 24.0 Å². The Balaban J connectivity index is 2.20. The van der Waals surface area contributed by atoms with Gasteiger partial charge in [-0.15, -0.1) is 0 Å². The third-order valence-electron chi connectivity index (χ3n) is 4.49. The molecule has 1 saturated heterocycles. The highest BCUT2D eigenvalue weighted by atomic mass is 32.2. The summed E-state index contributed by atoms with van der Waals surface area (Å²) in [5, 5.41) is 5.03. The van der Waals surface area contributed by atoms with Crippen LogP contribution in [0.1, 0.15) is 69.9 Å². The number of para-hydroxylation sites is 1. The van der Waals surface area contributed by atoms with Crippen LogP contribution >= 0.6 is 0 Å². The number of rotatable bonds is 5. The van der Waals surface area contributed by atoms with Gasteiger partial charge < -0.3 is 5.32 Å². The number of carbonyl (C=O) groups excluding carboxylic acids is 1. The quantitative estimate of drug-likeness (QED) is 0.743. The number of sulfonamides is 1. The van der Waals surface area contributed by atoms with Crippen LogP contribution in [0.5, 0.6) is 0 Å². The third-order valence-corrected chi connectivity index (χ3v) is 6.11. The van der Waals surface area contributed by atoms with Crippen LogP contribution in [0, 0.1) is 0 Å². The van der Waals surface area contributed by atoms with Crippen LogP contribution in [0.25, 0.3) is 0 Å². The fraction of sp³-hybridized carbons (Fsp3) is 0.611. The average Bonchev–Trinajstić information content (AvgIpc) is 2.54. The average molecular weight is 368 g/mol. The van der Waals surface area contributed by atoms with E-state index in [1.807, 2.05) is 45.9 Å². The van der Waals surface area contributed by atoms with Gasteiger partial charge in [-0.1, -0.05) is 45.9 Å². The summed E-state index contributed by atoms with van der Waals surface area (Å²) >= 11 is 0. The highest BCUT2D eigenvalue weighted by Gasteiger charge is 2.29. The van der Waals surface area contributed by atoms with Crippen molar-refractivity contribution in [1.82, 2.24) is 10.0 Å². The first-order chi connectivity index (χ1) is 11.7. The molecule has 140 valence electrons. The molecule has 2 amide bonds. The van der Waals surface area contributed by atoms with Crippen LogP contribution in [0.15, 0.2) is 18.2 Å². The molecule has 3 N–H and O–H groups in total. The smallest absolute Gasteiger partial charge is 0.307 e. The Labute approximate surface area is 150 Å². The van der Waals surface area contributed by atoms with E-state index in [2.05, 4.69) is 15.4 Å². The Morgan fingerprint density at radius 1 is 1.12 bits per heavy atom. The van der Waals surface area contributed by atoms with E-state index in [4.69, 9.17) is 0 Å². The van der Waals surface area contributed by atoms with Crippen molar-refractivity contribution in [3.63, 3.8) is 0 Å². The molecule has 0 radical (unpaired) electrons. The fourth-order valence-electron chi connectivity index (χ4n) is 3.12. The maximum atomic E-state index is 12.4. The summed E-state index contributed by atoms with van der Waals surface area (Å²) in [6.07, 6.45) is 2.31. The molecule has 1 aliphatic heterocycles. The molecular weight excluding hydrogens is 338 g/mol. The van der Waals surface area contributed by atoms with Gasteiger partial charge in [0.15, 0.2) is 0 Å². The first-order valence-corrected chi connectivity index (χ1v) is 10.5. The topological polar surface area (TPSA) is 87.3 Å². The molecule has 2 rings (SSSR count). The van der Waals surface area contributed by atoms with Crippen molar-refractivity contribution in [2.75, 3.05) is 11.9 Å². The Hall–Kier alpha value is -1.60. The molecule has 7 heteroatoms. The predicted molar refractivity (Wildman–Crippen MR) is 101 cm³/mol. The summed E-state index contributed by atoms with van der Waals surface area (Å²) in [5.74, 6) is 0.427. The van der Waals surface area contributed by atoms with E-state index in [9.17, 15) is 13.2 Å². The van der Waals surface area contributed by atoms with Gasteiger partial charge >= 0.3 is 6.03 Å². The summed E-state index contributed by atoms with van der Waals surface area (Å²) in [4.78, 5) is 12.4. The lowest BCUT2D eigenvalue weighted by molar-refractivity contribution is 0.256. The van der Waals surface area contributed by atoms with Crippen molar-refractivity contribution in [3.05, 3.63) is 29.3 Å². The van der Waals surface area contributed by atoms with Crippen LogP contribution in [-0.4, -0.2) is 26.4 Å². The molecule has 25 heavy (non-hydrogen) atoms. The van der Waals surface area contributed by atoms with E-state index in [1.165, 1.54) is 0 Å². The standard InChI is InChI=1S/C18H29N3O3S/c1-12(2)14-8-7-9-15(13(3)4)17(14)20-18(22)21-25(23,24)16-10-5-6-11-19-16/h7-9,12-13,16,19H,5-6,10-11H2,1-4H3,(H2,20,21,22). The van der Waals surface area contributed by atoms with Crippen molar-refractivity contribution in [2.24, 2.45) is 0 Å². The maximum absolute atomic E-state index is 12.4. The highest BCUT2D eigenvalue weighted by Crippen LogP contribution is 2.32. The van der Waals surface area contributed by atoms with Crippen LogP contribution in [0.2, 0.25) is 0 Å². The number of anilines is 1. The van der Waals surface area contributed by atoms with E-state index in [1.54, 1.807) is 0 Å². The molecule has 0 spiro atoms. The van der Waals surface area contributed by atoms with Crippen molar-refractivity contribution in [2.45, 2.75) is 64.2 Å². The summed E-state index contributed by atoms with van der Waals surface area (Å²) in [6.45, 7) is 8.84. The van der Waals surface area contributed by atoms with Gasteiger partial charge in [-0.3, -0.25) is 5.32 Å². The summed E-state index contributed by atoms with van der Waals surface area (Å²) in [6, 6.07) is 5.19. The van der Waals surface area contributed by atoms with Crippen molar-refractivity contribution >= 4 is 21.7 Å². The number of benzene rings is 1. The molecule has 6 nitrogen and oxygen atoms in total. The molecule has 1 aromatic carbocycles. The Bertz CT molecular complexity index is 682. The lowest BCUT2D eigenvalue weighted by atomic mass is 9.93. The molecule has 1 aliphatic rings. The first-order valence-electron chi connectivity index (χ1n) is 8.91. The second kappa shape index (κ2) is 8.19. The molecule has 1 fully saturated rings. The van der Waals surface area contributed by atoms with Gasteiger partial charge in [0.05, 0.1) is 0 Å². The zero-order chi connectivity index (χ0) is 18.6. The van der Waals surface area contributed by atoms with E-state index >= 15 is 0 Å². The molecule has 1 aromatic rings. The normalized spacial score (nSPS) is 18.4. The van der Waals surface area contributed by atoms with Crippen molar-refractivity contribution in [1.29, 1.82) is 0 Å². The van der Waals surface area contributed by atoms with Crippen LogP contribution < -0.4 is 15.4 Å². The number of hydrogen-bond acceptors (Lipinski definition) is 4. The van der Waals surface area contributed by atoms with Gasteiger partial charge in [-0.2, -0.15) is 0 Å².